The Labute approximate surface area is 194 Å². The Morgan fingerprint density at radius 3 is 2.48 bits per heavy atom. The molecule has 0 N–H and O–H groups in total. The summed E-state index contributed by atoms with van der Waals surface area (Å²) in [6, 6.07) is 16.2. The molecule has 33 heavy (non-hydrogen) atoms. The molecule has 6 heteroatoms. The van der Waals surface area contributed by atoms with Crippen LogP contribution < -0.4 is 4.90 Å². The minimum atomic E-state index is -0.208. The first kappa shape index (κ1) is 20.3. The van der Waals surface area contributed by atoms with Crippen LogP contribution in [0.15, 0.2) is 48.5 Å². The second-order valence-corrected chi connectivity index (χ2v) is 9.51. The van der Waals surface area contributed by atoms with Gasteiger partial charge in [-0.1, -0.05) is 43.2 Å². The van der Waals surface area contributed by atoms with E-state index in [-0.39, 0.29) is 18.0 Å². The predicted molar refractivity (Wildman–Crippen MR) is 129 cm³/mol. The van der Waals surface area contributed by atoms with E-state index in [2.05, 4.69) is 34.7 Å². The summed E-state index contributed by atoms with van der Waals surface area (Å²) >= 11 is 0. The molecular weight excluding hydrogens is 412 g/mol. The number of benzene rings is 2. The van der Waals surface area contributed by atoms with Crippen molar-refractivity contribution in [1.82, 2.24) is 14.4 Å². The van der Waals surface area contributed by atoms with Crippen molar-refractivity contribution in [3.8, 4) is 0 Å². The minimum absolute atomic E-state index is 0.0787. The number of carbonyl (C=O) groups excluding carboxylic acids is 2. The van der Waals surface area contributed by atoms with Crippen molar-refractivity contribution in [2.75, 3.05) is 31.6 Å². The van der Waals surface area contributed by atoms with Crippen LogP contribution in [0.25, 0.3) is 10.9 Å². The maximum absolute atomic E-state index is 13.5. The number of hydrogen-bond acceptors (Lipinski definition) is 3. The van der Waals surface area contributed by atoms with Gasteiger partial charge in [-0.15, -0.1) is 0 Å². The van der Waals surface area contributed by atoms with E-state index in [0.29, 0.717) is 13.1 Å². The van der Waals surface area contributed by atoms with Crippen molar-refractivity contribution in [3.05, 3.63) is 65.4 Å². The van der Waals surface area contributed by atoms with Gasteiger partial charge in [-0.25, -0.2) is 0 Å². The smallest absolute Gasteiger partial charge is 0.257 e. The Hall–Kier alpha value is -3.28. The average Bonchev–Trinajstić information content (AvgIpc) is 3.00. The molecule has 3 aromatic rings. The topological polar surface area (TPSA) is 48.8 Å². The van der Waals surface area contributed by atoms with Gasteiger partial charge in [0.15, 0.2) is 0 Å². The molecule has 4 heterocycles. The summed E-state index contributed by atoms with van der Waals surface area (Å²) in [6.45, 7) is 2.70. The molecule has 0 saturated carbocycles. The van der Waals surface area contributed by atoms with E-state index in [1.807, 2.05) is 40.1 Å². The Balaban J connectivity index is 1.48. The zero-order chi connectivity index (χ0) is 22.5. The quantitative estimate of drug-likeness (QED) is 0.598. The van der Waals surface area contributed by atoms with Gasteiger partial charge in [0.2, 0.25) is 5.91 Å². The third-order valence-corrected chi connectivity index (χ3v) is 7.66. The Morgan fingerprint density at radius 1 is 0.939 bits per heavy atom. The van der Waals surface area contributed by atoms with Gasteiger partial charge >= 0.3 is 0 Å². The molecule has 3 aliphatic heterocycles. The normalized spacial score (nSPS) is 20.3. The van der Waals surface area contributed by atoms with Crippen LogP contribution in [0, 0.1) is 0 Å². The fourth-order valence-electron chi connectivity index (χ4n) is 6.03. The number of aromatic nitrogens is 1. The van der Waals surface area contributed by atoms with Gasteiger partial charge in [0, 0.05) is 37.6 Å². The fraction of sp³-hybridized carbons (Fsp3) is 0.407. The molecular formula is C27H30N4O2. The number of anilines is 1. The average molecular weight is 443 g/mol. The Bertz CT molecular complexity index is 1240. The van der Waals surface area contributed by atoms with Gasteiger partial charge in [0.25, 0.3) is 5.91 Å². The van der Waals surface area contributed by atoms with E-state index in [9.17, 15) is 9.59 Å². The molecule has 0 bridgehead atoms. The first-order valence-corrected chi connectivity index (χ1v) is 12.2. The minimum Gasteiger partial charge on any atom is -0.349 e. The number of carbonyl (C=O) groups is 2. The van der Waals surface area contributed by atoms with Gasteiger partial charge in [-0.2, -0.15) is 0 Å². The van der Waals surface area contributed by atoms with Gasteiger partial charge in [0.1, 0.15) is 12.7 Å². The molecule has 6 rings (SSSR count). The zero-order valence-electron chi connectivity index (χ0n) is 19.2. The van der Waals surface area contributed by atoms with Crippen LogP contribution in [0.5, 0.6) is 0 Å². The Kier molecular flexibility index (Phi) is 4.89. The van der Waals surface area contributed by atoms with Crippen molar-refractivity contribution in [2.45, 2.75) is 44.8 Å². The second-order valence-electron chi connectivity index (χ2n) is 9.51. The summed E-state index contributed by atoms with van der Waals surface area (Å²) < 4.78 is 2.20. The highest BCUT2D eigenvalue weighted by atomic mass is 16.2. The third kappa shape index (κ3) is 3.15. The lowest BCUT2D eigenvalue weighted by atomic mass is 9.96. The van der Waals surface area contributed by atoms with Crippen LogP contribution in [-0.2, 0) is 17.8 Å². The first-order valence-electron chi connectivity index (χ1n) is 12.2. The molecule has 1 atom stereocenters. The van der Waals surface area contributed by atoms with Gasteiger partial charge in [-0.3, -0.25) is 9.59 Å². The standard InChI is InChI=1S/C27H30N4O2/c1-28-22-12-6-5-11-21(22)27(33)30-17-14-20-19-10-4-7-13-23(19)31(25(20)26(28)30)18-24(32)29-15-8-2-3-9-16-29/h4-7,10-13,26H,2-3,8-9,14-18H2,1H3. The highest BCUT2D eigenvalue weighted by Crippen LogP contribution is 2.44. The molecule has 1 saturated heterocycles. The van der Waals surface area contributed by atoms with E-state index in [0.717, 1.165) is 54.8 Å². The van der Waals surface area contributed by atoms with Crippen LogP contribution in [0.3, 0.4) is 0 Å². The lowest BCUT2D eigenvalue weighted by Crippen LogP contribution is -2.51. The lowest BCUT2D eigenvalue weighted by Gasteiger charge is -2.46. The SMILES string of the molecule is CN1c2ccccc2C(=O)N2CCc3c(n(CC(=O)N4CCCCCC4)c4ccccc34)C21. The molecule has 6 nitrogen and oxygen atoms in total. The van der Waals surface area contributed by atoms with Crippen molar-refractivity contribution in [3.63, 3.8) is 0 Å². The van der Waals surface area contributed by atoms with Crippen molar-refractivity contribution in [2.24, 2.45) is 0 Å². The van der Waals surface area contributed by atoms with Crippen LogP contribution >= 0.6 is 0 Å². The number of para-hydroxylation sites is 2. The fourth-order valence-corrected chi connectivity index (χ4v) is 6.03. The zero-order valence-corrected chi connectivity index (χ0v) is 19.2. The maximum Gasteiger partial charge on any atom is 0.257 e. The number of likely N-dealkylation sites (tertiary alicyclic amines) is 1. The van der Waals surface area contributed by atoms with Crippen LogP contribution in [-0.4, -0.2) is 52.9 Å². The summed E-state index contributed by atoms with van der Waals surface area (Å²) in [5.41, 5.74) is 5.16. The van der Waals surface area contributed by atoms with Gasteiger partial charge in [0.05, 0.1) is 16.9 Å². The van der Waals surface area contributed by atoms with E-state index < -0.39 is 0 Å². The maximum atomic E-state index is 13.5. The van der Waals surface area contributed by atoms with Crippen LogP contribution in [0.1, 0.15) is 53.5 Å². The largest absolute Gasteiger partial charge is 0.349 e. The number of nitrogens with zero attached hydrogens (tertiary/aromatic N) is 4. The van der Waals surface area contributed by atoms with Crippen LogP contribution in [0.4, 0.5) is 5.69 Å². The number of rotatable bonds is 2. The van der Waals surface area contributed by atoms with E-state index in [4.69, 9.17) is 0 Å². The van der Waals surface area contributed by atoms with E-state index >= 15 is 0 Å². The third-order valence-electron chi connectivity index (χ3n) is 7.66. The lowest BCUT2D eigenvalue weighted by molar-refractivity contribution is -0.131. The number of fused-ring (bicyclic) bond motifs is 6. The van der Waals surface area contributed by atoms with Crippen molar-refractivity contribution >= 4 is 28.4 Å². The molecule has 3 aliphatic rings. The van der Waals surface area contributed by atoms with E-state index in [1.54, 1.807) is 0 Å². The molecule has 1 fully saturated rings. The highest BCUT2D eigenvalue weighted by Gasteiger charge is 2.42. The van der Waals surface area contributed by atoms with Crippen LogP contribution in [0.2, 0.25) is 0 Å². The summed E-state index contributed by atoms with van der Waals surface area (Å²) in [5.74, 6) is 0.262. The van der Waals surface area contributed by atoms with Gasteiger partial charge < -0.3 is 19.3 Å². The number of amides is 2. The highest BCUT2D eigenvalue weighted by molar-refractivity contribution is 6.02. The summed E-state index contributed by atoms with van der Waals surface area (Å²) in [7, 11) is 2.07. The Morgan fingerprint density at radius 2 is 1.67 bits per heavy atom. The molecule has 170 valence electrons. The molecule has 0 radical (unpaired) electrons. The van der Waals surface area contributed by atoms with Crippen molar-refractivity contribution < 1.29 is 9.59 Å². The molecule has 0 spiro atoms. The molecule has 1 aromatic heterocycles. The molecule has 1 unspecified atom stereocenters. The monoisotopic (exact) mass is 442 g/mol. The number of hydrogen-bond donors (Lipinski definition) is 0. The summed E-state index contributed by atoms with van der Waals surface area (Å²) in [6.07, 6.45) is 5.17. The first-order chi connectivity index (χ1) is 16.1. The molecule has 0 aliphatic carbocycles. The molecule has 2 amide bonds. The summed E-state index contributed by atoms with van der Waals surface area (Å²) in [4.78, 5) is 33.2. The second kappa shape index (κ2) is 7.94. The predicted octanol–water partition coefficient (Wildman–Crippen LogP) is 4.19. The molecule has 2 aromatic carbocycles. The van der Waals surface area contributed by atoms with Gasteiger partial charge in [-0.05, 0) is 43.0 Å². The van der Waals surface area contributed by atoms with E-state index in [1.165, 1.54) is 23.8 Å². The summed E-state index contributed by atoms with van der Waals surface area (Å²) in [5, 5.41) is 1.20. The van der Waals surface area contributed by atoms with Crippen molar-refractivity contribution in [1.29, 1.82) is 0 Å².